The van der Waals surface area contributed by atoms with Crippen LogP contribution in [0.3, 0.4) is 0 Å². The molecule has 1 aliphatic heterocycles. The fraction of sp³-hybridized carbons (Fsp3) is 0.250. The van der Waals surface area contributed by atoms with Crippen LogP contribution < -0.4 is 4.90 Å². The summed E-state index contributed by atoms with van der Waals surface area (Å²) in [6, 6.07) is 3.28. The Labute approximate surface area is 147 Å². The van der Waals surface area contributed by atoms with E-state index in [1.165, 1.54) is 0 Å². The molecule has 0 saturated carbocycles. The third-order valence-electron chi connectivity index (χ3n) is 3.56. The molecule has 0 spiro atoms. The van der Waals surface area contributed by atoms with Gasteiger partial charge in [0.2, 0.25) is 0 Å². The zero-order chi connectivity index (χ0) is 19.4. The van der Waals surface area contributed by atoms with Gasteiger partial charge in [-0.1, -0.05) is 0 Å². The van der Waals surface area contributed by atoms with Crippen LogP contribution in [0.4, 0.5) is 5.69 Å². The van der Waals surface area contributed by atoms with Crippen LogP contribution in [-0.2, 0) is 23.8 Å². The van der Waals surface area contributed by atoms with E-state index in [1.807, 2.05) is 0 Å². The Hall–Kier alpha value is -3.40. The maximum absolute atomic E-state index is 12.2. The predicted octanol–water partition coefficient (Wildman–Crippen LogP) is 0.477. The minimum absolute atomic E-state index is 0.0313. The van der Waals surface area contributed by atoms with Crippen molar-refractivity contribution in [2.24, 2.45) is 0 Å². The van der Waals surface area contributed by atoms with Gasteiger partial charge in [0.15, 0.2) is 0 Å². The van der Waals surface area contributed by atoms with Crippen molar-refractivity contribution in [3.8, 4) is 0 Å². The second-order valence-electron chi connectivity index (χ2n) is 5.09. The lowest BCUT2D eigenvalue weighted by atomic mass is 10.1. The number of hydrogen-bond acceptors (Lipinski definition) is 8. The standard InChI is InChI=1S/C16H15NO9/c1-24-15(22)11-6-26-7-17(12(11)16(23)25-2)10-4-8(13(18)19)3-9(5-10)14(20)21/h3-5H,6-7H2,1-2H3,(H,18,19)(H,20,21). The van der Waals surface area contributed by atoms with Gasteiger partial charge in [0.05, 0.1) is 37.5 Å². The highest BCUT2D eigenvalue weighted by Crippen LogP contribution is 2.28. The average Bonchev–Trinajstić information content (AvgIpc) is 2.65. The van der Waals surface area contributed by atoms with E-state index in [0.717, 1.165) is 37.3 Å². The molecule has 10 nitrogen and oxygen atoms in total. The summed E-state index contributed by atoms with van der Waals surface area (Å²) in [7, 11) is 2.23. The first-order valence-electron chi connectivity index (χ1n) is 7.16. The molecule has 1 aromatic rings. The number of anilines is 1. The van der Waals surface area contributed by atoms with Crippen molar-refractivity contribution < 1.29 is 43.6 Å². The minimum atomic E-state index is -1.36. The van der Waals surface area contributed by atoms with E-state index in [2.05, 4.69) is 9.47 Å². The number of methoxy groups -OCH3 is 2. The second-order valence-corrected chi connectivity index (χ2v) is 5.09. The van der Waals surface area contributed by atoms with Gasteiger partial charge in [-0.2, -0.15) is 0 Å². The van der Waals surface area contributed by atoms with Crippen LogP contribution >= 0.6 is 0 Å². The number of carbonyl (C=O) groups is 4. The van der Waals surface area contributed by atoms with Gasteiger partial charge in [-0.25, -0.2) is 19.2 Å². The van der Waals surface area contributed by atoms with E-state index >= 15 is 0 Å². The molecule has 26 heavy (non-hydrogen) atoms. The Morgan fingerprint density at radius 3 is 1.96 bits per heavy atom. The number of carboxylic acid groups (broad SMARTS) is 2. The van der Waals surface area contributed by atoms with Gasteiger partial charge in [0, 0.05) is 5.69 Å². The molecule has 2 N–H and O–H groups in total. The molecule has 0 amide bonds. The topological polar surface area (TPSA) is 140 Å². The number of benzene rings is 1. The summed E-state index contributed by atoms with van der Waals surface area (Å²) in [5.74, 6) is -4.43. The summed E-state index contributed by atoms with van der Waals surface area (Å²) in [6.45, 7) is -0.453. The summed E-state index contributed by atoms with van der Waals surface area (Å²) in [5, 5.41) is 18.4. The summed E-state index contributed by atoms with van der Waals surface area (Å²) >= 11 is 0. The molecule has 0 unspecified atom stereocenters. The van der Waals surface area contributed by atoms with Gasteiger partial charge >= 0.3 is 23.9 Å². The van der Waals surface area contributed by atoms with Crippen LogP contribution in [0.2, 0.25) is 0 Å². The number of ether oxygens (including phenoxy) is 3. The lowest BCUT2D eigenvalue weighted by Gasteiger charge is -2.31. The smallest absolute Gasteiger partial charge is 0.355 e. The monoisotopic (exact) mass is 365 g/mol. The fourth-order valence-electron chi connectivity index (χ4n) is 2.36. The van der Waals surface area contributed by atoms with Crippen LogP contribution in [0, 0.1) is 0 Å². The molecule has 0 bridgehead atoms. The van der Waals surface area contributed by atoms with E-state index in [4.69, 9.17) is 4.74 Å². The van der Waals surface area contributed by atoms with Crippen molar-refractivity contribution in [1.29, 1.82) is 0 Å². The van der Waals surface area contributed by atoms with Crippen molar-refractivity contribution in [2.75, 3.05) is 32.5 Å². The molecule has 0 atom stereocenters. The van der Waals surface area contributed by atoms with Crippen LogP contribution in [-0.4, -0.2) is 61.6 Å². The van der Waals surface area contributed by atoms with Crippen LogP contribution in [0.5, 0.6) is 0 Å². The van der Waals surface area contributed by atoms with Crippen LogP contribution in [0.15, 0.2) is 29.5 Å². The molecule has 2 rings (SSSR count). The second kappa shape index (κ2) is 7.66. The van der Waals surface area contributed by atoms with Gasteiger partial charge in [0.1, 0.15) is 12.4 Å². The maximum atomic E-state index is 12.2. The average molecular weight is 365 g/mol. The molecule has 0 fully saturated rings. The van der Waals surface area contributed by atoms with Crippen molar-refractivity contribution in [1.82, 2.24) is 0 Å². The van der Waals surface area contributed by atoms with E-state index < -0.39 is 23.9 Å². The van der Waals surface area contributed by atoms with E-state index in [1.54, 1.807) is 0 Å². The number of rotatable bonds is 5. The maximum Gasteiger partial charge on any atom is 0.355 e. The molecule has 0 saturated heterocycles. The molecule has 0 aromatic heterocycles. The molecule has 10 heteroatoms. The zero-order valence-corrected chi connectivity index (χ0v) is 13.8. The lowest BCUT2D eigenvalue weighted by molar-refractivity contribution is -0.140. The quantitative estimate of drug-likeness (QED) is 0.708. The van der Waals surface area contributed by atoms with Crippen LogP contribution in [0.25, 0.3) is 0 Å². The highest BCUT2D eigenvalue weighted by Gasteiger charge is 2.33. The molecule has 0 radical (unpaired) electrons. The van der Waals surface area contributed by atoms with E-state index in [0.29, 0.717) is 0 Å². The van der Waals surface area contributed by atoms with Crippen molar-refractivity contribution in [2.45, 2.75) is 0 Å². The largest absolute Gasteiger partial charge is 0.478 e. The summed E-state index contributed by atoms with van der Waals surface area (Å²) in [5.41, 5.74) is -0.944. The first kappa shape index (κ1) is 18.9. The first-order valence-corrected chi connectivity index (χ1v) is 7.16. The highest BCUT2D eigenvalue weighted by atomic mass is 16.5. The lowest BCUT2D eigenvalue weighted by Crippen LogP contribution is -2.39. The van der Waals surface area contributed by atoms with Gasteiger partial charge in [-0.3, -0.25) is 0 Å². The Kier molecular flexibility index (Phi) is 5.58. The minimum Gasteiger partial charge on any atom is -0.478 e. The summed E-state index contributed by atoms with van der Waals surface area (Å²) in [4.78, 5) is 47.9. The number of esters is 2. The summed E-state index contributed by atoms with van der Waals surface area (Å²) < 4.78 is 14.6. The van der Waals surface area contributed by atoms with Crippen molar-refractivity contribution in [3.05, 3.63) is 40.6 Å². The molecule has 138 valence electrons. The van der Waals surface area contributed by atoms with E-state index in [-0.39, 0.29) is 41.4 Å². The van der Waals surface area contributed by atoms with Gasteiger partial charge < -0.3 is 29.3 Å². The molecule has 1 aliphatic rings. The zero-order valence-electron chi connectivity index (χ0n) is 13.8. The Bertz CT molecular complexity index is 780. The number of aromatic carboxylic acids is 2. The normalized spacial score (nSPS) is 14.0. The van der Waals surface area contributed by atoms with Gasteiger partial charge in [-0.05, 0) is 18.2 Å². The number of nitrogens with zero attached hydrogens (tertiary/aromatic N) is 1. The number of hydrogen-bond donors (Lipinski definition) is 2. The Morgan fingerprint density at radius 1 is 0.962 bits per heavy atom. The van der Waals surface area contributed by atoms with Crippen molar-refractivity contribution >= 4 is 29.6 Å². The number of carbonyl (C=O) groups excluding carboxylic acids is 2. The Morgan fingerprint density at radius 2 is 1.50 bits per heavy atom. The van der Waals surface area contributed by atoms with Gasteiger partial charge in [0.25, 0.3) is 0 Å². The first-order chi connectivity index (χ1) is 12.3. The fourth-order valence-corrected chi connectivity index (χ4v) is 2.36. The Balaban J connectivity index is 2.68. The summed E-state index contributed by atoms with van der Waals surface area (Å²) in [6.07, 6.45) is 0. The highest BCUT2D eigenvalue weighted by molar-refractivity contribution is 6.04. The molecular formula is C16H15NO9. The predicted molar refractivity (Wildman–Crippen MR) is 84.7 cm³/mol. The molecule has 1 aromatic carbocycles. The third kappa shape index (κ3) is 3.64. The van der Waals surface area contributed by atoms with Crippen molar-refractivity contribution in [3.63, 3.8) is 0 Å². The third-order valence-corrected chi connectivity index (χ3v) is 3.56. The molecule has 1 heterocycles. The van der Waals surface area contributed by atoms with Gasteiger partial charge in [-0.15, -0.1) is 0 Å². The van der Waals surface area contributed by atoms with Crippen LogP contribution in [0.1, 0.15) is 20.7 Å². The SMILES string of the molecule is COC(=O)C1=C(C(=O)OC)N(c2cc(C(=O)O)cc(C(=O)O)c2)COC1. The van der Waals surface area contributed by atoms with E-state index in [9.17, 15) is 29.4 Å². The molecular weight excluding hydrogens is 350 g/mol. The number of carboxylic acids is 2. The molecule has 0 aliphatic carbocycles.